The fourth-order valence-corrected chi connectivity index (χ4v) is 1.44. The second-order valence-corrected chi connectivity index (χ2v) is 4.47. The van der Waals surface area contributed by atoms with Crippen LogP contribution in [-0.2, 0) is 0 Å². The fraction of sp³-hybridized carbons (Fsp3) is 1.00. The first kappa shape index (κ1) is 12.2. The van der Waals surface area contributed by atoms with E-state index in [0.29, 0.717) is 5.41 Å². The Labute approximate surface area is 81.9 Å². The largest absolute Gasteiger partial charge is 0.316 e. The lowest BCUT2D eigenvalue weighted by Crippen LogP contribution is -2.29. The van der Waals surface area contributed by atoms with Crippen molar-refractivity contribution in [2.24, 2.45) is 5.41 Å². The third-order valence-electron chi connectivity index (χ3n) is 2.09. The minimum absolute atomic E-state index is 0.433. The Morgan fingerprint density at radius 3 is 2.42 bits per heavy atom. The molecule has 0 saturated carbocycles. The van der Waals surface area contributed by atoms with Crippen LogP contribution in [0.3, 0.4) is 0 Å². The molecule has 0 unspecified atom stereocenters. The molecule has 0 aliphatic heterocycles. The number of hydrogen-bond donors (Lipinski definition) is 1. The van der Waals surface area contributed by atoms with E-state index in [-0.39, 0.29) is 0 Å². The molecule has 0 aromatic carbocycles. The van der Waals surface area contributed by atoms with Crippen LogP contribution >= 0.6 is 11.6 Å². The molecule has 0 amide bonds. The highest BCUT2D eigenvalue weighted by Gasteiger charge is 2.15. The van der Waals surface area contributed by atoms with Crippen LogP contribution in [0, 0.1) is 5.41 Å². The molecule has 0 aliphatic rings. The van der Waals surface area contributed by atoms with Crippen LogP contribution < -0.4 is 5.32 Å². The van der Waals surface area contributed by atoms with Gasteiger partial charge in [-0.2, -0.15) is 0 Å². The summed E-state index contributed by atoms with van der Waals surface area (Å²) >= 11 is 5.62. The first-order chi connectivity index (χ1) is 5.62. The molecule has 0 saturated heterocycles. The normalized spacial score (nSPS) is 12.0. The molecule has 0 radical (unpaired) electrons. The summed E-state index contributed by atoms with van der Waals surface area (Å²) in [6.07, 6.45) is 3.67. The van der Waals surface area contributed by atoms with E-state index >= 15 is 0 Å². The van der Waals surface area contributed by atoms with Gasteiger partial charge in [0.2, 0.25) is 0 Å². The number of unbranched alkanes of at least 4 members (excludes halogenated alkanes) is 1. The van der Waals surface area contributed by atoms with Crippen LogP contribution in [0.5, 0.6) is 0 Å². The molecule has 0 heterocycles. The van der Waals surface area contributed by atoms with Crippen molar-refractivity contribution in [2.45, 2.75) is 40.0 Å². The van der Waals surface area contributed by atoms with Crippen LogP contribution in [0.4, 0.5) is 0 Å². The minimum Gasteiger partial charge on any atom is -0.316 e. The third kappa shape index (κ3) is 6.93. The van der Waals surface area contributed by atoms with Gasteiger partial charge in [-0.3, -0.25) is 0 Å². The van der Waals surface area contributed by atoms with Crippen molar-refractivity contribution in [3.05, 3.63) is 0 Å². The van der Waals surface area contributed by atoms with Gasteiger partial charge in [-0.1, -0.05) is 27.2 Å². The van der Waals surface area contributed by atoms with E-state index in [1.54, 1.807) is 0 Å². The van der Waals surface area contributed by atoms with E-state index < -0.39 is 0 Å². The van der Waals surface area contributed by atoms with Gasteiger partial charge in [-0.15, -0.1) is 11.6 Å². The zero-order valence-electron chi connectivity index (χ0n) is 8.62. The lowest BCUT2D eigenvalue weighted by molar-refractivity contribution is 0.308. The van der Waals surface area contributed by atoms with Gasteiger partial charge in [0.1, 0.15) is 0 Å². The molecule has 0 spiro atoms. The van der Waals surface area contributed by atoms with Gasteiger partial charge in [-0.05, 0) is 24.8 Å². The van der Waals surface area contributed by atoms with Crippen molar-refractivity contribution in [1.82, 2.24) is 5.32 Å². The summed E-state index contributed by atoms with van der Waals surface area (Å²) in [7, 11) is 0. The Kier molecular flexibility index (Phi) is 6.87. The second kappa shape index (κ2) is 6.73. The molecule has 12 heavy (non-hydrogen) atoms. The van der Waals surface area contributed by atoms with Crippen LogP contribution in [0.25, 0.3) is 0 Å². The fourth-order valence-electron chi connectivity index (χ4n) is 1.25. The van der Waals surface area contributed by atoms with Crippen LogP contribution in [0.1, 0.15) is 40.0 Å². The van der Waals surface area contributed by atoms with Crippen LogP contribution in [-0.4, -0.2) is 19.0 Å². The summed E-state index contributed by atoms with van der Waals surface area (Å²) in [5, 5.41) is 3.38. The maximum atomic E-state index is 5.62. The van der Waals surface area contributed by atoms with Crippen molar-refractivity contribution in [3.8, 4) is 0 Å². The Morgan fingerprint density at radius 1 is 1.25 bits per heavy atom. The quantitative estimate of drug-likeness (QED) is 0.482. The first-order valence-corrected chi connectivity index (χ1v) is 5.42. The average molecular weight is 192 g/mol. The van der Waals surface area contributed by atoms with Crippen molar-refractivity contribution < 1.29 is 0 Å². The number of alkyl halides is 1. The Hall–Kier alpha value is 0.250. The Morgan fingerprint density at radius 2 is 1.92 bits per heavy atom. The molecule has 1 nitrogen and oxygen atoms in total. The molecule has 2 heteroatoms. The van der Waals surface area contributed by atoms with Gasteiger partial charge in [-0.25, -0.2) is 0 Å². The Balaban J connectivity index is 3.42. The van der Waals surface area contributed by atoms with E-state index in [0.717, 1.165) is 25.4 Å². The van der Waals surface area contributed by atoms with Gasteiger partial charge in [0.05, 0.1) is 0 Å². The van der Waals surface area contributed by atoms with E-state index in [2.05, 4.69) is 26.1 Å². The summed E-state index contributed by atoms with van der Waals surface area (Å²) in [4.78, 5) is 0. The van der Waals surface area contributed by atoms with Crippen LogP contribution in [0.2, 0.25) is 0 Å². The summed E-state index contributed by atoms with van der Waals surface area (Å²) in [6.45, 7) is 8.95. The van der Waals surface area contributed by atoms with Crippen molar-refractivity contribution in [1.29, 1.82) is 0 Å². The molecule has 0 fully saturated rings. The predicted octanol–water partition coefficient (Wildman–Crippen LogP) is 3.03. The maximum absolute atomic E-state index is 5.62. The molecule has 1 N–H and O–H groups in total. The van der Waals surface area contributed by atoms with Gasteiger partial charge in [0.15, 0.2) is 0 Å². The maximum Gasteiger partial charge on any atom is 0.0223 e. The van der Waals surface area contributed by atoms with Crippen molar-refractivity contribution >= 4 is 11.6 Å². The van der Waals surface area contributed by atoms with Gasteiger partial charge in [0, 0.05) is 12.4 Å². The molecule has 0 rings (SSSR count). The van der Waals surface area contributed by atoms with E-state index in [4.69, 9.17) is 11.6 Å². The first-order valence-electron chi connectivity index (χ1n) is 4.89. The van der Waals surface area contributed by atoms with Gasteiger partial charge in [0.25, 0.3) is 0 Å². The number of hydrogen-bond acceptors (Lipinski definition) is 1. The summed E-state index contributed by atoms with van der Waals surface area (Å²) in [6, 6.07) is 0. The minimum atomic E-state index is 0.433. The highest BCUT2D eigenvalue weighted by Crippen LogP contribution is 2.21. The average Bonchev–Trinajstić information content (AvgIpc) is 2.01. The molecule has 0 aliphatic carbocycles. The summed E-state index contributed by atoms with van der Waals surface area (Å²) < 4.78 is 0. The monoisotopic (exact) mass is 191 g/mol. The highest BCUT2D eigenvalue weighted by atomic mass is 35.5. The lowest BCUT2D eigenvalue weighted by Gasteiger charge is -2.24. The van der Waals surface area contributed by atoms with Gasteiger partial charge >= 0.3 is 0 Å². The SMILES string of the molecule is CCNCC(C)(C)CCCCCl. The molecule has 0 bridgehead atoms. The number of rotatable bonds is 7. The predicted molar refractivity (Wildman–Crippen MR) is 56.9 cm³/mol. The van der Waals surface area contributed by atoms with Crippen LogP contribution in [0.15, 0.2) is 0 Å². The molecular formula is C10H22ClN. The third-order valence-corrected chi connectivity index (χ3v) is 2.36. The zero-order chi connectivity index (χ0) is 9.45. The van der Waals surface area contributed by atoms with Crippen molar-refractivity contribution in [2.75, 3.05) is 19.0 Å². The van der Waals surface area contributed by atoms with Crippen molar-refractivity contribution in [3.63, 3.8) is 0 Å². The summed E-state index contributed by atoms with van der Waals surface area (Å²) in [5.74, 6) is 0.803. The van der Waals surface area contributed by atoms with E-state index in [1.807, 2.05) is 0 Å². The topological polar surface area (TPSA) is 12.0 Å². The standard InChI is InChI=1S/C10H22ClN/c1-4-12-9-10(2,3)7-5-6-8-11/h12H,4-9H2,1-3H3. The summed E-state index contributed by atoms with van der Waals surface area (Å²) in [5.41, 5.74) is 0.433. The second-order valence-electron chi connectivity index (χ2n) is 4.09. The molecular weight excluding hydrogens is 170 g/mol. The number of halogens is 1. The zero-order valence-corrected chi connectivity index (χ0v) is 9.38. The van der Waals surface area contributed by atoms with Gasteiger partial charge < -0.3 is 5.32 Å². The smallest absolute Gasteiger partial charge is 0.0223 e. The molecule has 0 atom stereocenters. The number of nitrogens with one attached hydrogen (secondary N) is 1. The molecule has 0 aromatic rings. The van der Waals surface area contributed by atoms with E-state index in [9.17, 15) is 0 Å². The Bertz CT molecular complexity index is 102. The highest BCUT2D eigenvalue weighted by molar-refractivity contribution is 6.17. The molecule has 0 aromatic heterocycles. The molecule has 74 valence electrons. The van der Waals surface area contributed by atoms with E-state index in [1.165, 1.54) is 12.8 Å². The lowest BCUT2D eigenvalue weighted by atomic mass is 9.87.